The van der Waals surface area contributed by atoms with Gasteiger partial charge in [0.05, 0.1) is 10.6 Å². The minimum Gasteiger partial charge on any atom is -0.349 e. The maximum atomic E-state index is 12.9. The van der Waals surface area contributed by atoms with Crippen molar-refractivity contribution >= 4 is 29.9 Å². The van der Waals surface area contributed by atoms with Crippen LogP contribution in [0.5, 0.6) is 0 Å². The summed E-state index contributed by atoms with van der Waals surface area (Å²) >= 11 is 5.87. The Labute approximate surface area is 123 Å². The quantitative estimate of drug-likeness (QED) is 0.882. The maximum Gasteiger partial charge on any atom is 0.253 e. The van der Waals surface area contributed by atoms with Crippen molar-refractivity contribution in [3.8, 4) is 0 Å². The highest BCUT2D eigenvalue weighted by Crippen LogP contribution is 2.18. The monoisotopic (exact) mass is 306 g/mol. The van der Waals surface area contributed by atoms with Gasteiger partial charge in [0, 0.05) is 6.04 Å². The van der Waals surface area contributed by atoms with E-state index in [2.05, 4.69) is 17.6 Å². The molecular formula is C13H17Cl2FN2O. The normalized spacial score (nSPS) is 22.5. The number of piperidine rings is 1. The van der Waals surface area contributed by atoms with Crippen molar-refractivity contribution in [1.29, 1.82) is 0 Å². The molecule has 19 heavy (non-hydrogen) atoms. The molecule has 1 aromatic carbocycles. The molecule has 1 aliphatic heterocycles. The van der Waals surface area contributed by atoms with Gasteiger partial charge in [0.1, 0.15) is 5.82 Å². The van der Waals surface area contributed by atoms with Crippen LogP contribution in [0.2, 0.25) is 5.02 Å². The molecule has 2 N–H and O–H groups in total. The SMILES string of the molecule is CC1CNCCC1NC(=O)c1ccc(F)cc1Cl.Cl. The van der Waals surface area contributed by atoms with E-state index in [1.54, 1.807) is 0 Å². The van der Waals surface area contributed by atoms with Crippen LogP contribution in [0, 0.1) is 11.7 Å². The Morgan fingerprint density at radius 2 is 2.26 bits per heavy atom. The molecule has 106 valence electrons. The van der Waals surface area contributed by atoms with Gasteiger partial charge in [-0.1, -0.05) is 18.5 Å². The smallest absolute Gasteiger partial charge is 0.253 e. The van der Waals surface area contributed by atoms with Gasteiger partial charge in [0.25, 0.3) is 5.91 Å². The Morgan fingerprint density at radius 3 is 2.89 bits per heavy atom. The van der Waals surface area contributed by atoms with Crippen LogP contribution in [-0.2, 0) is 0 Å². The fourth-order valence-corrected chi connectivity index (χ4v) is 2.40. The van der Waals surface area contributed by atoms with Crippen molar-refractivity contribution in [3.05, 3.63) is 34.6 Å². The van der Waals surface area contributed by atoms with Gasteiger partial charge in [-0.25, -0.2) is 4.39 Å². The van der Waals surface area contributed by atoms with Crippen LogP contribution in [0.15, 0.2) is 18.2 Å². The maximum absolute atomic E-state index is 12.9. The van der Waals surface area contributed by atoms with Gasteiger partial charge in [-0.3, -0.25) is 4.79 Å². The van der Waals surface area contributed by atoms with Gasteiger partial charge in [-0.2, -0.15) is 0 Å². The van der Waals surface area contributed by atoms with E-state index in [1.165, 1.54) is 12.1 Å². The number of rotatable bonds is 2. The molecule has 0 aliphatic carbocycles. The summed E-state index contributed by atoms with van der Waals surface area (Å²) < 4.78 is 12.9. The van der Waals surface area contributed by atoms with Gasteiger partial charge < -0.3 is 10.6 Å². The Kier molecular flexibility index (Phi) is 6.04. The molecule has 0 spiro atoms. The summed E-state index contributed by atoms with van der Waals surface area (Å²) in [7, 11) is 0. The summed E-state index contributed by atoms with van der Waals surface area (Å²) in [6, 6.07) is 3.95. The van der Waals surface area contributed by atoms with E-state index in [0.29, 0.717) is 11.5 Å². The largest absolute Gasteiger partial charge is 0.349 e. The first kappa shape index (κ1) is 16.2. The van der Waals surface area contributed by atoms with Gasteiger partial charge in [-0.15, -0.1) is 12.4 Å². The zero-order chi connectivity index (χ0) is 13.1. The number of carbonyl (C=O) groups excluding carboxylic acids is 1. The third-order valence-electron chi connectivity index (χ3n) is 3.28. The zero-order valence-electron chi connectivity index (χ0n) is 10.6. The van der Waals surface area contributed by atoms with Crippen LogP contribution in [0.25, 0.3) is 0 Å². The second-order valence-corrected chi connectivity index (χ2v) is 5.08. The molecule has 1 fully saturated rings. The van der Waals surface area contributed by atoms with Crippen molar-refractivity contribution < 1.29 is 9.18 Å². The molecular weight excluding hydrogens is 290 g/mol. The van der Waals surface area contributed by atoms with Crippen molar-refractivity contribution in [2.45, 2.75) is 19.4 Å². The standard InChI is InChI=1S/C13H16ClFN2O.ClH/c1-8-7-16-5-4-12(8)17-13(18)10-3-2-9(15)6-11(10)14;/h2-3,6,8,12,16H,4-5,7H2,1H3,(H,17,18);1H. The molecule has 0 saturated carbocycles. The minimum absolute atomic E-state index is 0. The van der Waals surface area contributed by atoms with Crippen molar-refractivity contribution in [2.24, 2.45) is 5.92 Å². The first-order valence-corrected chi connectivity index (χ1v) is 6.42. The van der Waals surface area contributed by atoms with Crippen molar-refractivity contribution in [2.75, 3.05) is 13.1 Å². The van der Waals surface area contributed by atoms with Crippen molar-refractivity contribution in [3.63, 3.8) is 0 Å². The molecule has 2 rings (SSSR count). The molecule has 0 aromatic heterocycles. The number of carbonyl (C=O) groups is 1. The highest BCUT2D eigenvalue weighted by molar-refractivity contribution is 6.33. The molecule has 2 atom stereocenters. The summed E-state index contributed by atoms with van der Waals surface area (Å²) in [4.78, 5) is 12.1. The number of hydrogen-bond acceptors (Lipinski definition) is 2. The predicted octanol–water partition coefficient (Wildman–Crippen LogP) is 2.63. The highest BCUT2D eigenvalue weighted by atomic mass is 35.5. The number of amides is 1. The summed E-state index contributed by atoms with van der Waals surface area (Å²) in [6.07, 6.45) is 0.895. The molecule has 0 bridgehead atoms. The molecule has 1 heterocycles. The molecule has 1 aliphatic rings. The molecule has 1 saturated heterocycles. The number of hydrogen-bond donors (Lipinski definition) is 2. The van der Waals surface area contributed by atoms with Gasteiger partial charge in [-0.05, 0) is 43.6 Å². The minimum atomic E-state index is -0.438. The van der Waals surface area contributed by atoms with E-state index in [4.69, 9.17) is 11.6 Å². The summed E-state index contributed by atoms with van der Waals surface area (Å²) in [5.41, 5.74) is 0.323. The topological polar surface area (TPSA) is 41.1 Å². The second kappa shape index (κ2) is 7.08. The third kappa shape index (κ3) is 4.06. The Balaban J connectivity index is 0.00000180. The second-order valence-electron chi connectivity index (χ2n) is 4.67. The van der Waals surface area contributed by atoms with Crippen LogP contribution in [-0.4, -0.2) is 25.0 Å². The average Bonchev–Trinajstić information content (AvgIpc) is 2.32. The molecule has 0 radical (unpaired) electrons. The first-order valence-electron chi connectivity index (χ1n) is 6.04. The van der Waals surface area contributed by atoms with E-state index in [1.807, 2.05) is 0 Å². The van der Waals surface area contributed by atoms with Gasteiger partial charge in [0.2, 0.25) is 0 Å². The van der Waals surface area contributed by atoms with Crippen LogP contribution in [0.4, 0.5) is 4.39 Å². The Bertz CT molecular complexity index is 456. The van der Waals surface area contributed by atoms with Crippen LogP contribution >= 0.6 is 24.0 Å². The lowest BCUT2D eigenvalue weighted by atomic mass is 9.95. The molecule has 6 heteroatoms. The Morgan fingerprint density at radius 1 is 1.53 bits per heavy atom. The van der Waals surface area contributed by atoms with E-state index >= 15 is 0 Å². The first-order chi connectivity index (χ1) is 8.58. The van der Waals surface area contributed by atoms with Crippen LogP contribution < -0.4 is 10.6 Å². The van der Waals surface area contributed by atoms with Crippen molar-refractivity contribution in [1.82, 2.24) is 10.6 Å². The summed E-state index contributed by atoms with van der Waals surface area (Å²) in [5, 5.41) is 6.38. The molecule has 3 nitrogen and oxygen atoms in total. The van der Waals surface area contributed by atoms with E-state index in [-0.39, 0.29) is 29.4 Å². The highest BCUT2D eigenvalue weighted by Gasteiger charge is 2.23. The average molecular weight is 307 g/mol. The Hall–Kier alpha value is -0.840. The van der Waals surface area contributed by atoms with E-state index in [0.717, 1.165) is 25.6 Å². The summed E-state index contributed by atoms with van der Waals surface area (Å²) in [6.45, 7) is 3.87. The van der Waals surface area contributed by atoms with E-state index in [9.17, 15) is 9.18 Å². The molecule has 1 aromatic rings. The lowest BCUT2D eigenvalue weighted by molar-refractivity contribution is 0.0914. The number of halogens is 3. The van der Waals surface area contributed by atoms with Crippen LogP contribution in [0.3, 0.4) is 0 Å². The molecule has 1 amide bonds. The lowest BCUT2D eigenvalue weighted by Crippen LogP contribution is -2.48. The molecule has 2 unspecified atom stereocenters. The fraction of sp³-hybridized carbons (Fsp3) is 0.462. The van der Waals surface area contributed by atoms with Gasteiger partial charge in [0.15, 0.2) is 0 Å². The lowest BCUT2D eigenvalue weighted by Gasteiger charge is -2.30. The van der Waals surface area contributed by atoms with Crippen LogP contribution in [0.1, 0.15) is 23.7 Å². The number of benzene rings is 1. The predicted molar refractivity (Wildman–Crippen MR) is 76.6 cm³/mol. The third-order valence-corrected chi connectivity index (χ3v) is 3.59. The summed E-state index contributed by atoms with van der Waals surface area (Å²) in [5.74, 6) is -0.299. The fourth-order valence-electron chi connectivity index (χ4n) is 2.15. The zero-order valence-corrected chi connectivity index (χ0v) is 12.2. The van der Waals surface area contributed by atoms with E-state index < -0.39 is 5.82 Å². The van der Waals surface area contributed by atoms with Gasteiger partial charge >= 0.3 is 0 Å². The number of nitrogens with one attached hydrogen (secondary N) is 2.